The highest BCUT2D eigenvalue weighted by atomic mass is 15.4. The zero-order chi connectivity index (χ0) is 19.5. The molecule has 2 heteroatoms. The molecular weight excluding hydrogens is 352 g/mol. The third-order valence-electron chi connectivity index (χ3n) is 6.73. The number of para-hydroxylation sites is 2. The van der Waals surface area contributed by atoms with Crippen LogP contribution in [0.3, 0.4) is 0 Å². The highest BCUT2D eigenvalue weighted by molar-refractivity contribution is 5.94. The molecule has 0 saturated carbocycles. The summed E-state index contributed by atoms with van der Waals surface area (Å²) in [6.07, 6.45) is 0. The molecule has 2 nitrogen and oxygen atoms in total. The topological polar surface area (TPSA) is 6.48 Å². The predicted octanol–water partition coefficient (Wildman–Crippen LogP) is 6.54. The molecule has 1 heterocycles. The van der Waals surface area contributed by atoms with Crippen LogP contribution in [0.25, 0.3) is 10.8 Å². The maximum atomic E-state index is 2.61. The van der Waals surface area contributed by atoms with Gasteiger partial charge in [0.15, 0.2) is 0 Å². The summed E-state index contributed by atoms with van der Waals surface area (Å²) in [7, 11) is 0. The first-order valence-corrected chi connectivity index (χ1v) is 10.4. The first-order chi connectivity index (χ1) is 14.2. The Morgan fingerprint density at radius 3 is 1.55 bits per heavy atom. The molecule has 1 fully saturated rings. The molecule has 4 aromatic carbocycles. The Morgan fingerprint density at radius 1 is 0.586 bits per heavy atom. The van der Waals surface area contributed by atoms with Crippen LogP contribution in [0.15, 0.2) is 84.9 Å². The van der Waals surface area contributed by atoms with Crippen molar-refractivity contribution >= 4 is 22.1 Å². The van der Waals surface area contributed by atoms with Crippen LogP contribution >= 0.6 is 0 Å². The minimum atomic E-state index is 0.330. The van der Waals surface area contributed by atoms with Gasteiger partial charge in [-0.1, -0.05) is 72.8 Å². The molecule has 0 amide bonds. The molecule has 2 atom stereocenters. The van der Waals surface area contributed by atoms with E-state index in [0.29, 0.717) is 12.1 Å². The molecule has 0 unspecified atom stereocenters. The number of hydrogen-bond donors (Lipinski definition) is 0. The normalized spacial score (nSPS) is 19.8. The second-order valence-corrected chi connectivity index (χ2v) is 8.34. The Balaban J connectivity index is 1.61. The Hall–Kier alpha value is -3.26. The van der Waals surface area contributed by atoms with Gasteiger partial charge in [-0.3, -0.25) is 0 Å². The highest BCUT2D eigenvalue weighted by Crippen LogP contribution is 2.56. The van der Waals surface area contributed by atoms with Crippen LogP contribution in [0, 0.1) is 13.8 Å². The van der Waals surface area contributed by atoms with Gasteiger partial charge in [0.05, 0.1) is 18.8 Å². The number of fused-ring (bicyclic) bond motifs is 3. The summed E-state index contributed by atoms with van der Waals surface area (Å²) in [6.45, 7) is 5.35. The summed E-state index contributed by atoms with van der Waals surface area (Å²) in [5.41, 5.74) is 8.26. The average molecular weight is 377 g/mol. The van der Waals surface area contributed by atoms with E-state index in [0.717, 1.165) is 6.67 Å². The van der Waals surface area contributed by atoms with Gasteiger partial charge in [0.1, 0.15) is 0 Å². The van der Waals surface area contributed by atoms with Crippen LogP contribution in [0.4, 0.5) is 11.4 Å². The molecule has 0 radical (unpaired) electrons. The second-order valence-electron chi connectivity index (χ2n) is 8.34. The fourth-order valence-electron chi connectivity index (χ4n) is 5.47. The Bertz CT molecular complexity index is 1150. The first-order valence-electron chi connectivity index (χ1n) is 10.4. The van der Waals surface area contributed by atoms with Crippen molar-refractivity contribution in [2.45, 2.75) is 25.9 Å². The zero-order valence-electron chi connectivity index (χ0n) is 16.8. The van der Waals surface area contributed by atoms with Crippen molar-refractivity contribution in [3.05, 3.63) is 107 Å². The summed E-state index contributed by atoms with van der Waals surface area (Å²) in [5, 5.41) is 2.80. The van der Waals surface area contributed by atoms with E-state index in [1.165, 1.54) is 44.4 Å². The van der Waals surface area contributed by atoms with Crippen LogP contribution in [-0.2, 0) is 0 Å². The molecular formula is C27H24N2. The van der Waals surface area contributed by atoms with Gasteiger partial charge in [0.25, 0.3) is 0 Å². The molecule has 2 aliphatic rings. The second kappa shape index (κ2) is 6.12. The van der Waals surface area contributed by atoms with Gasteiger partial charge in [-0.2, -0.15) is 0 Å². The van der Waals surface area contributed by atoms with Crippen LogP contribution in [0.5, 0.6) is 0 Å². The molecule has 4 aromatic rings. The number of nitrogens with zero attached hydrogens (tertiary/aromatic N) is 2. The summed E-state index contributed by atoms with van der Waals surface area (Å²) in [6, 6.07) is 31.9. The van der Waals surface area contributed by atoms with Crippen molar-refractivity contribution < 1.29 is 0 Å². The van der Waals surface area contributed by atoms with E-state index in [4.69, 9.17) is 0 Å². The minimum absolute atomic E-state index is 0.330. The predicted molar refractivity (Wildman–Crippen MR) is 122 cm³/mol. The number of hydrogen-bond acceptors (Lipinski definition) is 2. The lowest BCUT2D eigenvalue weighted by atomic mass is 10.0. The molecule has 1 aliphatic carbocycles. The van der Waals surface area contributed by atoms with Gasteiger partial charge >= 0.3 is 0 Å². The molecule has 142 valence electrons. The standard InChI is InChI=1S/C27H24N2/c1-18-9-3-5-15-23(18)28-17-29(24-16-6-4-10-19(24)2)27-22-14-8-12-20-11-7-13-21(25(20)22)26(27)28/h3-16,26-27H,17H2,1-2H3/t26-,27-/m1/s1. The number of rotatable bonds is 2. The monoisotopic (exact) mass is 376 g/mol. The van der Waals surface area contributed by atoms with E-state index >= 15 is 0 Å². The van der Waals surface area contributed by atoms with Crippen molar-refractivity contribution in [2.75, 3.05) is 16.5 Å². The lowest BCUT2D eigenvalue weighted by Crippen LogP contribution is -2.28. The van der Waals surface area contributed by atoms with Gasteiger partial charge in [-0.05, 0) is 59.0 Å². The molecule has 0 N–H and O–H groups in total. The number of anilines is 2. The van der Waals surface area contributed by atoms with Crippen molar-refractivity contribution in [3.8, 4) is 0 Å². The third kappa shape index (κ3) is 2.29. The zero-order valence-corrected chi connectivity index (χ0v) is 16.8. The van der Waals surface area contributed by atoms with E-state index in [9.17, 15) is 0 Å². The third-order valence-corrected chi connectivity index (χ3v) is 6.73. The smallest absolute Gasteiger partial charge is 0.0917 e. The highest BCUT2D eigenvalue weighted by Gasteiger charge is 2.47. The summed E-state index contributed by atoms with van der Waals surface area (Å²) in [4.78, 5) is 5.22. The molecule has 1 aliphatic heterocycles. The largest absolute Gasteiger partial charge is 0.344 e. The van der Waals surface area contributed by atoms with Gasteiger partial charge in [-0.15, -0.1) is 0 Å². The summed E-state index contributed by atoms with van der Waals surface area (Å²) >= 11 is 0. The van der Waals surface area contributed by atoms with Crippen LogP contribution in [0.2, 0.25) is 0 Å². The lowest BCUT2D eigenvalue weighted by molar-refractivity contribution is 0.647. The van der Waals surface area contributed by atoms with Gasteiger partial charge in [-0.25, -0.2) is 0 Å². The Kier molecular flexibility index (Phi) is 3.52. The molecule has 6 rings (SSSR count). The van der Waals surface area contributed by atoms with Crippen molar-refractivity contribution in [3.63, 3.8) is 0 Å². The molecule has 1 saturated heterocycles. The molecule has 0 spiro atoms. The maximum absolute atomic E-state index is 2.61. The van der Waals surface area contributed by atoms with Crippen molar-refractivity contribution in [1.29, 1.82) is 0 Å². The van der Waals surface area contributed by atoms with E-state index < -0.39 is 0 Å². The molecule has 29 heavy (non-hydrogen) atoms. The van der Waals surface area contributed by atoms with E-state index in [2.05, 4.69) is 109 Å². The first kappa shape index (κ1) is 16.7. The lowest BCUT2D eigenvalue weighted by Gasteiger charge is -2.27. The quantitative estimate of drug-likeness (QED) is 0.392. The Labute approximate surface area is 172 Å². The van der Waals surface area contributed by atoms with Crippen molar-refractivity contribution in [2.24, 2.45) is 0 Å². The number of aryl methyl sites for hydroxylation is 2. The van der Waals surface area contributed by atoms with Gasteiger partial charge in [0.2, 0.25) is 0 Å². The summed E-state index contributed by atoms with van der Waals surface area (Å²) in [5.74, 6) is 0. The van der Waals surface area contributed by atoms with E-state index in [-0.39, 0.29) is 0 Å². The Morgan fingerprint density at radius 2 is 1.07 bits per heavy atom. The maximum Gasteiger partial charge on any atom is 0.0917 e. The van der Waals surface area contributed by atoms with Crippen LogP contribution in [-0.4, -0.2) is 6.67 Å². The van der Waals surface area contributed by atoms with Crippen molar-refractivity contribution in [1.82, 2.24) is 0 Å². The van der Waals surface area contributed by atoms with Crippen LogP contribution < -0.4 is 9.80 Å². The molecule has 0 bridgehead atoms. The number of benzene rings is 4. The fourth-order valence-corrected chi connectivity index (χ4v) is 5.47. The molecule has 0 aromatic heterocycles. The fraction of sp³-hybridized carbons (Fsp3) is 0.185. The van der Waals surface area contributed by atoms with Gasteiger partial charge < -0.3 is 9.80 Å². The summed E-state index contributed by atoms with van der Waals surface area (Å²) < 4.78 is 0. The van der Waals surface area contributed by atoms with Crippen LogP contribution in [0.1, 0.15) is 34.3 Å². The van der Waals surface area contributed by atoms with Gasteiger partial charge in [0, 0.05) is 11.4 Å². The SMILES string of the molecule is Cc1ccccc1N1CN(c2ccccc2C)[C@@H]2c3cccc4cccc(c34)[C@H]21. The minimum Gasteiger partial charge on any atom is -0.344 e. The van der Waals surface area contributed by atoms with E-state index in [1.54, 1.807) is 0 Å². The van der Waals surface area contributed by atoms with E-state index in [1.807, 2.05) is 0 Å². The average Bonchev–Trinajstić information content (AvgIpc) is 3.28.